The van der Waals surface area contributed by atoms with Crippen LogP contribution in [0.3, 0.4) is 0 Å². The maximum absolute atomic E-state index is 6.34. The summed E-state index contributed by atoms with van der Waals surface area (Å²) in [6.45, 7) is 11.7. The van der Waals surface area contributed by atoms with Gasteiger partial charge in [0.25, 0.3) is 0 Å². The van der Waals surface area contributed by atoms with Gasteiger partial charge in [-0.15, -0.1) is 48.0 Å². The fourth-order valence-electron chi connectivity index (χ4n) is 6.61. The molecule has 6 heteroatoms. The minimum atomic E-state index is -1.38. The number of furan rings is 1. The molecule has 3 aromatic heterocycles. The SMILES string of the molecule is COc1cc[c-]c(-c2cc(CC(C)C)c([Si](C)(C)C)cn2)c1.[Ir].[c-]1ccc2c(oc3cc(-c4ccccc4)ccc32)c1-c1cc2ccccc2cn1. The number of methoxy groups -OCH3 is 1. The third kappa shape index (κ3) is 7.95. The van der Waals surface area contributed by atoms with E-state index in [-0.39, 0.29) is 20.1 Å². The summed E-state index contributed by atoms with van der Waals surface area (Å²) < 4.78 is 11.6. The number of benzene rings is 5. The van der Waals surface area contributed by atoms with Crippen LogP contribution in [0.25, 0.3) is 66.4 Å². The predicted molar refractivity (Wildman–Crippen MR) is 215 cm³/mol. The Morgan fingerprint density at radius 2 is 1.44 bits per heavy atom. The molecule has 1 radical (unpaired) electrons. The molecule has 8 rings (SSSR count). The molecular formula is C46H42IrN2O2Si-2. The van der Waals surface area contributed by atoms with Crippen LogP contribution >= 0.6 is 0 Å². The van der Waals surface area contributed by atoms with Gasteiger partial charge in [-0.25, -0.2) is 0 Å². The van der Waals surface area contributed by atoms with E-state index in [0.717, 1.165) is 73.0 Å². The van der Waals surface area contributed by atoms with Crippen molar-refractivity contribution in [2.45, 2.75) is 39.9 Å². The molecule has 0 aliphatic rings. The van der Waals surface area contributed by atoms with Gasteiger partial charge < -0.3 is 19.1 Å². The summed E-state index contributed by atoms with van der Waals surface area (Å²) in [4.78, 5) is 9.38. The predicted octanol–water partition coefficient (Wildman–Crippen LogP) is 11.6. The topological polar surface area (TPSA) is 48.2 Å². The zero-order valence-electron chi connectivity index (χ0n) is 30.5. The molecule has 0 saturated heterocycles. The second kappa shape index (κ2) is 15.8. The Balaban J connectivity index is 0.000000183. The third-order valence-corrected chi connectivity index (χ3v) is 11.2. The van der Waals surface area contributed by atoms with Crippen molar-refractivity contribution in [2.24, 2.45) is 5.92 Å². The minimum Gasteiger partial charge on any atom is -0.516 e. The maximum Gasteiger partial charge on any atom is 0.121 e. The van der Waals surface area contributed by atoms with Crippen molar-refractivity contribution in [3.63, 3.8) is 0 Å². The molecular weight excluding hydrogens is 833 g/mol. The average Bonchev–Trinajstić information content (AvgIpc) is 3.53. The van der Waals surface area contributed by atoms with Crippen LogP contribution in [0.1, 0.15) is 19.4 Å². The molecule has 263 valence electrons. The zero-order valence-corrected chi connectivity index (χ0v) is 33.8. The molecule has 0 fully saturated rings. The first-order chi connectivity index (χ1) is 24.7. The Hall–Kier alpha value is -4.87. The van der Waals surface area contributed by atoms with Crippen LogP contribution < -0.4 is 9.92 Å². The number of fused-ring (bicyclic) bond motifs is 4. The second-order valence-corrected chi connectivity index (χ2v) is 19.4. The summed E-state index contributed by atoms with van der Waals surface area (Å²) in [6.07, 6.45) is 5.10. The van der Waals surface area contributed by atoms with Crippen molar-refractivity contribution in [1.29, 1.82) is 0 Å². The van der Waals surface area contributed by atoms with Crippen molar-refractivity contribution in [3.05, 3.63) is 145 Å². The summed E-state index contributed by atoms with van der Waals surface area (Å²) in [5, 5.41) is 5.94. The van der Waals surface area contributed by atoms with Gasteiger partial charge in [0.15, 0.2) is 0 Å². The van der Waals surface area contributed by atoms with Crippen molar-refractivity contribution >= 4 is 46.0 Å². The maximum atomic E-state index is 6.34. The molecule has 4 nitrogen and oxygen atoms in total. The number of hydrogen-bond acceptors (Lipinski definition) is 4. The van der Waals surface area contributed by atoms with Gasteiger partial charge in [0.2, 0.25) is 0 Å². The molecule has 0 N–H and O–H groups in total. The van der Waals surface area contributed by atoms with E-state index in [2.05, 4.69) is 130 Å². The number of pyridine rings is 2. The van der Waals surface area contributed by atoms with Crippen molar-refractivity contribution in [3.8, 4) is 39.4 Å². The van der Waals surface area contributed by atoms with E-state index in [1.165, 1.54) is 16.3 Å². The van der Waals surface area contributed by atoms with E-state index in [4.69, 9.17) is 14.1 Å². The minimum absolute atomic E-state index is 0. The number of aromatic nitrogens is 2. The molecule has 0 bridgehead atoms. The van der Waals surface area contributed by atoms with E-state index >= 15 is 0 Å². The Bertz CT molecular complexity index is 2470. The quantitative estimate of drug-likeness (QED) is 0.118. The number of rotatable bonds is 7. The Kier molecular flexibility index (Phi) is 11.2. The van der Waals surface area contributed by atoms with E-state index in [0.29, 0.717) is 5.92 Å². The standard InChI is InChI=1S/C27H16NO.C19H26NOSi.Ir/c1-2-7-18(8-3-1)20-13-14-22-23-11-6-12-24(27(23)29-26(22)16-20)25-15-19-9-4-5-10-21(19)17-28-25;1-14(2)10-16-12-18(20-13-19(16)22(4,5)6)15-8-7-9-17(11-15)21-3;/h1-11,13-17H;7,9,11-14H,10H2,1-6H3;/q2*-1;. The van der Waals surface area contributed by atoms with E-state index in [1.807, 2.05) is 48.7 Å². The van der Waals surface area contributed by atoms with Crippen LogP contribution in [0, 0.1) is 18.1 Å². The van der Waals surface area contributed by atoms with Crippen LogP contribution in [-0.4, -0.2) is 25.2 Å². The summed E-state index contributed by atoms with van der Waals surface area (Å²) in [6, 6.07) is 45.8. The Labute approximate surface area is 321 Å². The second-order valence-electron chi connectivity index (χ2n) is 14.4. The van der Waals surface area contributed by atoms with E-state index in [9.17, 15) is 0 Å². The molecule has 3 heterocycles. The molecule has 0 aliphatic carbocycles. The summed E-state index contributed by atoms with van der Waals surface area (Å²) >= 11 is 0. The first-order valence-electron chi connectivity index (χ1n) is 17.5. The Morgan fingerprint density at radius 1 is 0.712 bits per heavy atom. The van der Waals surface area contributed by atoms with Gasteiger partial charge in [0.1, 0.15) is 5.58 Å². The summed E-state index contributed by atoms with van der Waals surface area (Å²) in [5.74, 6) is 1.48. The molecule has 0 amide bonds. The van der Waals surface area contributed by atoms with Gasteiger partial charge in [-0.2, -0.15) is 0 Å². The molecule has 0 spiro atoms. The number of ether oxygens (including phenoxy) is 1. The molecule has 8 aromatic rings. The van der Waals surface area contributed by atoms with Crippen molar-refractivity contribution < 1.29 is 29.3 Å². The molecule has 0 unspecified atom stereocenters. The third-order valence-electron chi connectivity index (χ3n) is 9.14. The molecule has 0 saturated carbocycles. The van der Waals surface area contributed by atoms with E-state index < -0.39 is 8.07 Å². The van der Waals surface area contributed by atoms with Gasteiger partial charge in [0, 0.05) is 43.6 Å². The molecule has 0 aliphatic heterocycles. The van der Waals surface area contributed by atoms with Crippen molar-refractivity contribution in [1.82, 2.24) is 9.97 Å². The zero-order chi connectivity index (χ0) is 35.5. The van der Waals surface area contributed by atoms with Gasteiger partial charge >= 0.3 is 0 Å². The fourth-order valence-corrected chi connectivity index (χ4v) is 8.20. The first-order valence-corrected chi connectivity index (χ1v) is 21.0. The van der Waals surface area contributed by atoms with Gasteiger partial charge in [-0.3, -0.25) is 0 Å². The smallest absolute Gasteiger partial charge is 0.121 e. The van der Waals surface area contributed by atoms with Gasteiger partial charge in [-0.1, -0.05) is 129 Å². The molecule has 0 atom stereocenters. The van der Waals surface area contributed by atoms with Gasteiger partial charge in [-0.05, 0) is 56.9 Å². The number of nitrogens with zero attached hydrogens (tertiary/aromatic N) is 2. The van der Waals surface area contributed by atoms with Crippen LogP contribution in [0.5, 0.6) is 5.75 Å². The van der Waals surface area contributed by atoms with Crippen LogP contribution in [-0.2, 0) is 26.5 Å². The van der Waals surface area contributed by atoms with Crippen molar-refractivity contribution in [2.75, 3.05) is 7.11 Å². The van der Waals surface area contributed by atoms with E-state index in [1.54, 1.807) is 7.11 Å². The van der Waals surface area contributed by atoms with Gasteiger partial charge in [0.05, 0.1) is 20.8 Å². The fraction of sp³-hybridized carbons (Fsp3) is 0.174. The summed E-state index contributed by atoms with van der Waals surface area (Å²) in [5.41, 5.74) is 9.21. The normalized spacial score (nSPS) is 11.4. The average molecular weight is 875 g/mol. The van der Waals surface area contributed by atoms with Crippen LogP contribution in [0.4, 0.5) is 0 Å². The van der Waals surface area contributed by atoms with Crippen LogP contribution in [0.2, 0.25) is 19.6 Å². The molecule has 52 heavy (non-hydrogen) atoms. The number of hydrogen-bond donors (Lipinski definition) is 0. The monoisotopic (exact) mass is 875 g/mol. The molecule has 5 aromatic carbocycles. The van der Waals surface area contributed by atoms with Crippen LogP contribution in [0.15, 0.2) is 132 Å². The first kappa shape index (κ1) is 36.9. The Morgan fingerprint density at radius 3 is 2.19 bits per heavy atom. The summed E-state index contributed by atoms with van der Waals surface area (Å²) in [7, 11) is 0.302. The largest absolute Gasteiger partial charge is 0.516 e.